The van der Waals surface area contributed by atoms with E-state index >= 15 is 0 Å². The summed E-state index contributed by atoms with van der Waals surface area (Å²) in [6, 6.07) is 8.62. The van der Waals surface area contributed by atoms with E-state index in [1.807, 2.05) is 24.0 Å². The van der Waals surface area contributed by atoms with Crippen molar-refractivity contribution in [2.45, 2.75) is 39.2 Å². The number of methoxy groups -OCH3 is 1. The molecule has 178 valence electrons. The number of aliphatic imine (C=N–C) groups is 1. The number of anilines is 1. The summed E-state index contributed by atoms with van der Waals surface area (Å²) in [5, 5.41) is 6.86. The van der Waals surface area contributed by atoms with Crippen molar-refractivity contribution in [2.75, 3.05) is 70.9 Å². The molecule has 2 fully saturated rings. The zero-order valence-electron chi connectivity index (χ0n) is 20.0. The number of hydrogen-bond donors (Lipinski definition) is 2. The summed E-state index contributed by atoms with van der Waals surface area (Å²) in [7, 11) is 1.70. The highest BCUT2D eigenvalue weighted by Crippen LogP contribution is 2.20. The Kier molecular flexibility index (Phi) is 9.46. The number of piperazine rings is 1. The number of hydrogen-bond acceptors (Lipinski definition) is 5. The van der Waals surface area contributed by atoms with Crippen molar-refractivity contribution in [3.8, 4) is 5.75 Å². The van der Waals surface area contributed by atoms with E-state index in [9.17, 15) is 4.79 Å². The molecule has 2 aliphatic heterocycles. The van der Waals surface area contributed by atoms with Crippen LogP contribution in [0.1, 0.15) is 33.1 Å². The van der Waals surface area contributed by atoms with Crippen LogP contribution in [0.4, 0.5) is 5.69 Å². The lowest BCUT2D eigenvalue weighted by atomic mass is 10.2. The third-order valence-electron chi connectivity index (χ3n) is 6.24. The Morgan fingerprint density at radius 1 is 1.12 bits per heavy atom. The standard InChI is InChI=1S/C24H40N6O2/c1-4-23(31)30-14-11-20(19-30)27-24(25-5-2)26-12-6-13-28-15-17-29(18-16-28)21-7-9-22(32-3)10-8-21/h7-10,20H,4-6,11-19H2,1-3H3,(H2,25,26,27). The van der Waals surface area contributed by atoms with Gasteiger partial charge in [-0.15, -0.1) is 0 Å². The van der Waals surface area contributed by atoms with Crippen molar-refractivity contribution in [3.63, 3.8) is 0 Å². The molecule has 1 aromatic rings. The van der Waals surface area contributed by atoms with E-state index in [0.717, 1.165) is 83.5 Å². The molecule has 1 unspecified atom stereocenters. The van der Waals surface area contributed by atoms with Gasteiger partial charge in [0.25, 0.3) is 0 Å². The van der Waals surface area contributed by atoms with Crippen molar-refractivity contribution < 1.29 is 9.53 Å². The van der Waals surface area contributed by atoms with E-state index in [1.54, 1.807) is 7.11 Å². The molecule has 0 saturated carbocycles. The molecule has 1 aromatic carbocycles. The van der Waals surface area contributed by atoms with Gasteiger partial charge in [0, 0.05) is 77.1 Å². The molecule has 8 nitrogen and oxygen atoms in total. The molecule has 2 heterocycles. The van der Waals surface area contributed by atoms with Crippen LogP contribution >= 0.6 is 0 Å². The van der Waals surface area contributed by atoms with E-state index in [0.29, 0.717) is 6.42 Å². The number of guanidine groups is 1. The summed E-state index contributed by atoms with van der Waals surface area (Å²) >= 11 is 0. The van der Waals surface area contributed by atoms with Gasteiger partial charge in [0.15, 0.2) is 5.96 Å². The summed E-state index contributed by atoms with van der Waals surface area (Å²) in [5.74, 6) is 2.01. The summed E-state index contributed by atoms with van der Waals surface area (Å²) < 4.78 is 5.25. The Balaban J connectivity index is 1.36. The predicted octanol–water partition coefficient (Wildman–Crippen LogP) is 1.77. The molecule has 2 N–H and O–H groups in total. The number of carbonyl (C=O) groups excluding carboxylic acids is 1. The first kappa shape index (κ1) is 24.2. The lowest BCUT2D eigenvalue weighted by molar-refractivity contribution is -0.129. The topological polar surface area (TPSA) is 72.4 Å². The third-order valence-corrected chi connectivity index (χ3v) is 6.24. The smallest absolute Gasteiger partial charge is 0.222 e. The number of rotatable bonds is 9. The van der Waals surface area contributed by atoms with Crippen LogP contribution in [-0.2, 0) is 4.79 Å². The summed E-state index contributed by atoms with van der Waals surface area (Å²) in [6.07, 6.45) is 2.61. The van der Waals surface area contributed by atoms with Crippen LogP contribution in [0, 0.1) is 0 Å². The minimum absolute atomic E-state index is 0.239. The van der Waals surface area contributed by atoms with Gasteiger partial charge in [-0.3, -0.25) is 14.7 Å². The molecule has 2 saturated heterocycles. The van der Waals surface area contributed by atoms with Crippen LogP contribution < -0.4 is 20.3 Å². The van der Waals surface area contributed by atoms with Gasteiger partial charge in [-0.25, -0.2) is 0 Å². The lowest BCUT2D eigenvalue weighted by Gasteiger charge is -2.36. The molecule has 0 radical (unpaired) electrons. The first-order valence-corrected chi connectivity index (χ1v) is 12.1. The van der Waals surface area contributed by atoms with Crippen molar-refractivity contribution in [1.82, 2.24) is 20.4 Å². The fraction of sp³-hybridized carbons (Fsp3) is 0.667. The van der Waals surface area contributed by atoms with Gasteiger partial charge >= 0.3 is 0 Å². The normalized spacial score (nSPS) is 19.8. The third kappa shape index (κ3) is 7.02. The monoisotopic (exact) mass is 444 g/mol. The summed E-state index contributed by atoms with van der Waals surface area (Å²) in [6.45, 7) is 12.6. The van der Waals surface area contributed by atoms with Crippen molar-refractivity contribution in [2.24, 2.45) is 4.99 Å². The number of carbonyl (C=O) groups is 1. The molecule has 0 spiro atoms. The highest BCUT2D eigenvalue weighted by atomic mass is 16.5. The Morgan fingerprint density at radius 3 is 2.53 bits per heavy atom. The molecule has 3 rings (SSSR count). The van der Waals surface area contributed by atoms with Gasteiger partial charge in [0.1, 0.15) is 5.75 Å². The molecule has 0 aromatic heterocycles. The second-order valence-corrected chi connectivity index (χ2v) is 8.46. The average molecular weight is 445 g/mol. The summed E-state index contributed by atoms with van der Waals surface area (Å²) in [5.41, 5.74) is 1.27. The van der Waals surface area contributed by atoms with Crippen LogP contribution in [0.2, 0.25) is 0 Å². The van der Waals surface area contributed by atoms with Crippen LogP contribution in [0.5, 0.6) is 5.75 Å². The lowest BCUT2D eigenvalue weighted by Crippen LogP contribution is -2.47. The molecule has 32 heavy (non-hydrogen) atoms. The van der Waals surface area contributed by atoms with Gasteiger partial charge in [0.2, 0.25) is 5.91 Å². The van der Waals surface area contributed by atoms with Crippen LogP contribution in [0.3, 0.4) is 0 Å². The first-order chi connectivity index (χ1) is 15.6. The number of nitrogens with one attached hydrogen (secondary N) is 2. The SMILES string of the molecule is CCNC(=NCCCN1CCN(c2ccc(OC)cc2)CC1)NC1CCN(C(=O)CC)C1. The van der Waals surface area contributed by atoms with E-state index in [-0.39, 0.29) is 11.9 Å². The number of likely N-dealkylation sites (tertiary alicyclic amines) is 1. The van der Waals surface area contributed by atoms with Crippen LogP contribution in [0.15, 0.2) is 29.3 Å². The quantitative estimate of drug-likeness (QED) is 0.344. The largest absolute Gasteiger partial charge is 0.497 e. The number of ether oxygens (including phenoxy) is 1. The predicted molar refractivity (Wildman–Crippen MR) is 131 cm³/mol. The molecule has 8 heteroatoms. The fourth-order valence-electron chi connectivity index (χ4n) is 4.35. The number of nitrogens with zero attached hydrogens (tertiary/aromatic N) is 4. The van der Waals surface area contributed by atoms with Crippen molar-refractivity contribution in [3.05, 3.63) is 24.3 Å². The number of amides is 1. The van der Waals surface area contributed by atoms with Gasteiger partial charge in [0.05, 0.1) is 7.11 Å². The van der Waals surface area contributed by atoms with Crippen LogP contribution in [0.25, 0.3) is 0 Å². The molecular formula is C24H40N6O2. The second-order valence-electron chi connectivity index (χ2n) is 8.46. The number of benzene rings is 1. The highest BCUT2D eigenvalue weighted by Gasteiger charge is 2.25. The maximum Gasteiger partial charge on any atom is 0.222 e. The zero-order chi connectivity index (χ0) is 22.8. The molecule has 0 aliphatic carbocycles. The van der Waals surface area contributed by atoms with E-state index in [2.05, 4.69) is 39.5 Å². The second kappa shape index (κ2) is 12.5. The van der Waals surface area contributed by atoms with Gasteiger partial charge in [-0.05, 0) is 44.0 Å². The molecular weight excluding hydrogens is 404 g/mol. The molecule has 0 bridgehead atoms. The summed E-state index contributed by atoms with van der Waals surface area (Å²) in [4.78, 5) is 23.6. The van der Waals surface area contributed by atoms with Crippen LogP contribution in [-0.4, -0.2) is 93.7 Å². The zero-order valence-corrected chi connectivity index (χ0v) is 20.0. The van der Waals surface area contributed by atoms with Gasteiger partial charge in [-0.1, -0.05) is 6.92 Å². The fourth-order valence-corrected chi connectivity index (χ4v) is 4.35. The van der Waals surface area contributed by atoms with E-state index in [1.165, 1.54) is 5.69 Å². The van der Waals surface area contributed by atoms with Gasteiger partial charge in [-0.2, -0.15) is 0 Å². The van der Waals surface area contributed by atoms with E-state index < -0.39 is 0 Å². The minimum atomic E-state index is 0.239. The highest BCUT2D eigenvalue weighted by molar-refractivity contribution is 5.80. The Morgan fingerprint density at radius 2 is 1.88 bits per heavy atom. The molecule has 1 atom stereocenters. The van der Waals surface area contributed by atoms with Gasteiger partial charge < -0.3 is 25.2 Å². The van der Waals surface area contributed by atoms with Crippen molar-refractivity contribution >= 4 is 17.6 Å². The van der Waals surface area contributed by atoms with E-state index in [4.69, 9.17) is 9.73 Å². The molecule has 1 amide bonds. The Labute approximate surface area is 193 Å². The maximum absolute atomic E-state index is 11.9. The average Bonchev–Trinajstić information content (AvgIpc) is 3.30. The Bertz CT molecular complexity index is 731. The molecule has 2 aliphatic rings. The maximum atomic E-state index is 11.9. The minimum Gasteiger partial charge on any atom is -0.497 e. The van der Waals surface area contributed by atoms with Crippen molar-refractivity contribution in [1.29, 1.82) is 0 Å². The first-order valence-electron chi connectivity index (χ1n) is 12.1. The Hall–Kier alpha value is -2.48.